The third-order valence-corrected chi connectivity index (χ3v) is 4.73. The third kappa shape index (κ3) is 6.20. The van der Waals surface area contributed by atoms with Crippen molar-refractivity contribution in [1.82, 2.24) is 5.32 Å². The number of carboxylic acid groups (broad SMARTS) is 2. The Labute approximate surface area is 189 Å². The number of phenols is 1. The maximum absolute atomic E-state index is 12.8. The number of ether oxygens (including phenoxy) is 1. The molecule has 8 nitrogen and oxygen atoms in total. The summed E-state index contributed by atoms with van der Waals surface area (Å²) < 4.78 is 5.48. The molecule has 0 saturated carbocycles. The maximum atomic E-state index is 12.8. The Bertz CT molecular complexity index is 1170. The average Bonchev–Trinajstić information content (AvgIpc) is 2.82. The van der Waals surface area contributed by atoms with Crippen LogP contribution in [0.15, 0.2) is 85.1 Å². The highest BCUT2D eigenvalue weighted by molar-refractivity contribution is 6.03. The van der Waals surface area contributed by atoms with Gasteiger partial charge in [0, 0.05) is 18.2 Å². The number of nitrogens with one attached hydrogen (secondary N) is 1. The molecule has 0 bridgehead atoms. The van der Waals surface area contributed by atoms with Crippen molar-refractivity contribution in [3.63, 3.8) is 0 Å². The van der Waals surface area contributed by atoms with Crippen LogP contribution in [0, 0.1) is 0 Å². The molecule has 0 spiro atoms. The molecular formula is C25H21NO7. The minimum Gasteiger partial charge on any atom is -0.508 e. The first-order valence-electron chi connectivity index (χ1n) is 9.92. The summed E-state index contributed by atoms with van der Waals surface area (Å²) in [4.78, 5) is 36.0. The van der Waals surface area contributed by atoms with Crippen molar-refractivity contribution in [2.24, 2.45) is 0 Å². The summed E-state index contributed by atoms with van der Waals surface area (Å²) >= 11 is 0. The fourth-order valence-corrected chi connectivity index (χ4v) is 3.04. The number of carbonyl (C=O) groups is 3. The fourth-order valence-electron chi connectivity index (χ4n) is 3.04. The van der Waals surface area contributed by atoms with Gasteiger partial charge >= 0.3 is 17.9 Å². The van der Waals surface area contributed by atoms with Gasteiger partial charge in [-0.3, -0.25) is 0 Å². The lowest BCUT2D eigenvalue weighted by atomic mass is 10.1. The number of aromatic carboxylic acids is 1. The second kappa shape index (κ2) is 10.6. The van der Waals surface area contributed by atoms with Gasteiger partial charge in [-0.2, -0.15) is 0 Å². The fraction of sp³-hybridized carbons (Fsp3) is 0.0800. The van der Waals surface area contributed by atoms with Gasteiger partial charge in [0.05, 0.1) is 11.1 Å². The van der Waals surface area contributed by atoms with Gasteiger partial charge in [-0.05, 0) is 29.8 Å². The van der Waals surface area contributed by atoms with Crippen LogP contribution in [0.1, 0.15) is 31.8 Å². The lowest BCUT2D eigenvalue weighted by molar-refractivity contribution is -0.139. The number of phenolic OH excluding ortho intramolecular Hbond substituents is 1. The molecule has 3 aromatic carbocycles. The number of benzene rings is 3. The SMILES string of the molecule is O=C(O)c1ccccc1C(=O)OC(=CN[C@@H](Cc1ccc(O)cc1)C(=O)O)c1ccccc1. The van der Waals surface area contributed by atoms with E-state index in [-0.39, 0.29) is 29.1 Å². The minimum absolute atomic E-state index is 0.0257. The van der Waals surface area contributed by atoms with Crippen LogP contribution in [-0.4, -0.2) is 39.3 Å². The van der Waals surface area contributed by atoms with Crippen LogP contribution in [-0.2, 0) is 16.0 Å². The molecule has 168 valence electrons. The Morgan fingerprint density at radius 2 is 1.45 bits per heavy atom. The highest BCUT2D eigenvalue weighted by atomic mass is 16.5. The average molecular weight is 447 g/mol. The van der Waals surface area contributed by atoms with Crippen LogP contribution in [0.3, 0.4) is 0 Å². The summed E-state index contributed by atoms with van der Waals surface area (Å²) in [6.45, 7) is 0. The van der Waals surface area contributed by atoms with Crippen molar-refractivity contribution in [2.75, 3.05) is 0 Å². The summed E-state index contributed by atoms with van der Waals surface area (Å²) in [5.41, 5.74) is 0.819. The molecule has 1 atom stereocenters. The van der Waals surface area contributed by atoms with E-state index >= 15 is 0 Å². The molecule has 0 fully saturated rings. The van der Waals surface area contributed by atoms with E-state index in [1.807, 2.05) is 0 Å². The van der Waals surface area contributed by atoms with Crippen molar-refractivity contribution in [2.45, 2.75) is 12.5 Å². The van der Waals surface area contributed by atoms with E-state index < -0.39 is 23.9 Å². The maximum Gasteiger partial charge on any atom is 0.344 e. The molecule has 8 heteroatoms. The second-order valence-electron chi connectivity index (χ2n) is 7.04. The highest BCUT2D eigenvalue weighted by Crippen LogP contribution is 2.20. The molecular weight excluding hydrogens is 426 g/mol. The number of rotatable bonds is 9. The number of carboxylic acids is 2. The van der Waals surface area contributed by atoms with Gasteiger partial charge in [-0.1, -0.05) is 54.6 Å². The normalized spacial score (nSPS) is 11.9. The molecule has 0 radical (unpaired) electrons. The molecule has 0 aliphatic rings. The van der Waals surface area contributed by atoms with Gasteiger partial charge in [0.15, 0.2) is 5.76 Å². The van der Waals surface area contributed by atoms with Gasteiger partial charge in [0.25, 0.3) is 0 Å². The molecule has 33 heavy (non-hydrogen) atoms. The molecule has 0 amide bonds. The molecule has 3 aromatic rings. The van der Waals surface area contributed by atoms with Crippen molar-refractivity contribution in [1.29, 1.82) is 0 Å². The van der Waals surface area contributed by atoms with Gasteiger partial charge < -0.3 is 25.4 Å². The first-order chi connectivity index (χ1) is 15.8. The Morgan fingerprint density at radius 3 is 2.06 bits per heavy atom. The highest BCUT2D eigenvalue weighted by Gasteiger charge is 2.21. The molecule has 0 aromatic heterocycles. The monoisotopic (exact) mass is 447 g/mol. The predicted molar refractivity (Wildman–Crippen MR) is 120 cm³/mol. The topological polar surface area (TPSA) is 133 Å². The van der Waals surface area contributed by atoms with Crippen LogP contribution < -0.4 is 5.32 Å². The largest absolute Gasteiger partial charge is 0.508 e. The van der Waals surface area contributed by atoms with Crippen LogP contribution in [0.25, 0.3) is 5.76 Å². The quantitative estimate of drug-likeness (QED) is 0.289. The number of aliphatic carboxylic acids is 1. The number of hydrogen-bond donors (Lipinski definition) is 4. The van der Waals surface area contributed by atoms with Crippen LogP contribution >= 0.6 is 0 Å². The Balaban J connectivity index is 1.87. The summed E-state index contributed by atoms with van der Waals surface area (Å²) in [6.07, 6.45) is 1.37. The third-order valence-electron chi connectivity index (χ3n) is 4.73. The van der Waals surface area contributed by atoms with E-state index in [1.54, 1.807) is 42.5 Å². The summed E-state index contributed by atoms with van der Waals surface area (Å²) in [6, 6.07) is 19.3. The molecule has 4 N–H and O–H groups in total. The molecule has 0 aliphatic heterocycles. The predicted octanol–water partition coefficient (Wildman–Crippen LogP) is 3.53. The van der Waals surface area contributed by atoms with Gasteiger partial charge in [0.2, 0.25) is 0 Å². The summed E-state index contributed by atoms with van der Waals surface area (Å²) in [7, 11) is 0. The van der Waals surface area contributed by atoms with Gasteiger partial charge in [-0.25, -0.2) is 14.4 Å². The van der Waals surface area contributed by atoms with Crippen molar-refractivity contribution in [3.05, 3.63) is 107 Å². The Hall–Kier alpha value is -4.59. The lowest BCUT2D eigenvalue weighted by Crippen LogP contribution is -2.35. The van der Waals surface area contributed by atoms with Crippen molar-refractivity contribution < 1.29 is 34.4 Å². The number of esters is 1. The zero-order valence-electron chi connectivity index (χ0n) is 17.3. The van der Waals surface area contributed by atoms with Crippen LogP contribution in [0.4, 0.5) is 0 Å². The van der Waals surface area contributed by atoms with Crippen molar-refractivity contribution in [3.8, 4) is 5.75 Å². The second-order valence-corrected chi connectivity index (χ2v) is 7.04. The molecule has 0 saturated heterocycles. The van der Waals surface area contributed by atoms with E-state index in [0.29, 0.717) is 11.1 Å². The Morgan fingerprint density at radius 1 is 0.848 bits per heavy atom. The molecule has 3 rings (SSSR count). The first kappa shape index (κ1) is 23.1. The zero-order chi connectivity index (χ0) is 23.8. The minimum atomic E-state index is -1.27. The zero-order valence-corrected chi connectivity index (χ0v) is 17.3. The summed E-state index contributed by atoms with van der Waals surface area (Å²) in [5.74, 6) is -3.20. The van der Waals surface area contributed by atoms with Crippen LogP contribution in [0.2, 0.25) is 0 Å². The van der Waals surface area contributed by atoms with E-state index in [1.165, 1.54) is 42.6 Å². The first-order valence-corrected chi connectivity index (χ1v) is 9.92. The van der Waals surface area contributed by atoms with E-state index in [4.69, 9.17) is 4.74 Å². The van der Waals surface area contributed by atoms with Gasteiger partial charge in [0.1, 0.15) is 11.8 Å². The van der Waals surface area contributed by atoms with Crippen molar-refractivity contribution >= 4 is 23.7 Å². The Kier molecular flexibility index (Phi) is 7.43. The smallest absolute Gasteiger partial charge is 0.344 e. The van der Waals surface area contributed by atoms with Gasteiger partial charge in [-0.15, -0.1) is 0 Å². The number of aromatic hydroxyl groups is 1. The van der Waals surface area contributed by atoms with E-state index in [9.17, 15) is 29.7 Å². The summed E-state index contributed by atoms with van der Waals surface area (Å²) in [5, 5.41) is 31.1. The van der Waals surface area contributed by atoms with E-state index in [0.717, 1.165) is 0 Å². The standard InChI is InChI=1S/C25H21NO7/c27-18-12-10-16(11-13-18)14-21(24(30)31)26-15-22(17-6-2-1-3-7-17)33-25(32)20-9-5-4-8-19(20)23(28)29/h1-13,15,21,26-27H,14H2,(H,28,29)(H,30,31)/t21-/m0/s1. The van der Waals surface area contributed by atoms with Crippen LogP contribution in [0.5, 0.6) is 5.75 Å². The molecule has 0 aliphatic carbocycles. The lowest BCUT2D eigenvalue weighted by Gasteiger charge is -2.15. The number of hydrogen-bond acceptors (Lipinski definition) is 6. The van der Waals surface area contributed by atoms with E-state index in [2.05, 4.69) is 5.32 Å². The number of carbonyl (C=O) groups excluding carboxylic acids is 1. The molecule has 0 unspecified atom stereocenters. The molecule has 0 heterocycles.